The number of ether oxygens (including phenoxy) is 1. The molecule has 1 aliphatic heterocycles. The third-order valence-corrected chi connectivity index (χ3v) is 3.25. The quantitative estimate of drug-likeness (QED) is 0.459. The Hall–Kier alpha value is -0.840. The molecule has 80 valence electrons. The van der Waals surface area contributed by atoms with Gasteiger partial charge in [-0.15, -0.1) is 0 Å². The lowest BCUT2D eigenvalue weighted by molar-refractivity contribution is -0.558. The summed E-state index contributed by atoms with van der Waals surface area (Å²) in [4.78, 5) is 10.2. The van der Waals surface area contributed by atoms with E-state index in [2.05, 4.69) is 0 Å². The number of hydrogen-bond acceptors (Lipinski definition) is 3. The smallest absolute Gasteiger partial charge is 0.294 e. The van der Waals surface area contributed by atoms with Crippen molar-refractivity contribution in [2.45, 2.75) is 18.8 Å². The predicted molar refractivity (Wildman–Crippen MR) is 55.7 cm³/mol. The first-order valence-corrected chi connectivity index (χ1v) is 4.98. The molecule has 0 radical (unpaired) electrons. The minimum Gasteiger partial charge on any atom is -0.294 e. The first-order valence-electron chi connectivity index (χ1n) is 4.23. The first-order chi connectivity index (χ1) is 6.97. The molecule has 0 aromatic heterocycles. The predicted octanol–water partition coefficient (Wildman–Crippen LogP) is 3.06. The zero-order valence-corrected chi connectivity index (χ0v) is 9.25. The van der Waals surface area contributed by atoms with E-state index in [1.54, 1.807) is 18.2 Å². The van der Waals surface area contributed by atoms with Gasteiger partial charge in [0.25, 0.3) is 0 Å². The number of benzene rings is 1. The van der Waals surface area contributed by atoms with Crippen molar-refractivity contribution in [1.29, 1.82) is 0 Å². The van der Waals surface area contributed by atoms with Crippen molar-refractivity contribution < 1.29 is 9.66 Å². The van der Waals surface area contributed by atoms with Crippen LogP contribution in [-0.4, -0.2) is 10.6 Å². The minimum atomic E-state index is -1.37. The Bertz CT molecular complexity index is 437. The highest BCUT2D eigenvalue weighted by atomic mass is 35.5. The zero-order valence-electron chi connectivity index (χ0n) is 7.74. The normalized spacial score (nSPS) is 28.9. The molecule has 1 fully saturated rings. The highest BCUT2D eigenvalue weighted by molar-refractivity contribution is 6.42. The molecule has 2 unspecified atom stereocenters. The second-order valence-electron chi connectivity index (χ2n) is 3.45. The van der Waals surface area contributed by atoms with Gasteiger partial charge >= 0.3 is 5.72 Å². The molecule has 0 saturated carbocycles. The van der Waals surface area contributed by atoms with E-state index in [0.717, 1.165) is 0 Å². The minimum absolute atomic E-state index is 0.315. The number of epoxide rings is 1. The lowest BCUT2D eigenvalue weighted by Gasteiger charge is -2.01. The van der Waals surface area contributed by atoms with Gasteiger partial charge in [-0.05, 0) is 6.07 Å². The number of hydrogen-bond donors (Lipinski definition) is 0. The molecule has 0 aliphatic carbocycles. The first kappa shape index (κ1) is 10.7. The SMILES string of the molecule is CC1([N+](=O)[O-])OC1c1cccc(Cl)c1Cl. The Morgan fingerprint density at radius 1 is 1.53 bits per heavy atom. The summed E-state index contributed by atoms with van der Waals surface area (Å²) in [7, 11) is 0. The van der Waals surface area contributed by atoms with Crippen LogP contribution in [0.15, 0.2) is 18.2 Å². The topological polar surface area (TPSA) is 55.7 Å². The summed E-state index contributed by atoms with van der Waals surface area (Å²) in [5.74, 6) is 0. The molecule has 2 rings (SSSR count). The van der Waals surface area contributed by atoms with Crippen LogP contribution in [-0.2, 0) is 4.74 Å². The molecule has 15 heavy (non-hydrogen) atoms. The standard InChI is InChI=1S/C9H7Cl2NO3/c1-9(12(13)14)8(15-9)5-3-2-4-6(10)7(5)11/h2-4,8H,1H3. The van der Waals surface area contributed by atoms with Gasteiger partial charge in [-0.25, -0.2) is 0 Å². The summed E-state index contributed by atoms with van der Waals surface area (Å²) >= 11 is 11.7. The van der Waals surface area contributed by atoms with Crippen LogP contribution in [0.2, 0.25) is 10.0 Å². The fraction of sp³-hybridized carbons (Fsp3) is 0.333. The van der Waals surface area contributed by atoms with E-state index in [-0.39, 0.29) is 0 Å². The average Bonchev–Trinajstić information content (AvgIpc) is 2.84. The Balaban J connectivity index is 2.35. The molecule has 4 nitrogen and oxygen atoms in total. The highest BCUT2D eigenvalue weighted by Crippen LogP contribution is 2.52. The second kappa shape index (κ2) is 3.33. The molecule has 0 bridgehead atoms. The summed E-state index contributed by atoms with van der Waals surface area (Å²) in [6, 6.07) is 4.98. The van der Waals surface area contributed by atoms with E-state index < -0.39 is 16.8 Å². The van der Waals surface area contributed by atoms with E-state index in [0.29, 0.717) is 15.6 Å². The van der Waals surface area contributed by atoms with E-state index >= 15 is 0 Å². The lowest BCUT2D eigenvalue weighted by Crippen LogP contribution is -2.19. The van der Waals surface area contributed by atoms with Crippen LogP contribution in [0, 0.1) is 10.1 Å². The van der Waals surface area contributed by atoms with Gasteiger partial charge in [0.2, 0.25) is 0 Å². The van der Waals surface area contributed by atoms with E-state index in [4.69, 9.17) is 27.9 Å². The molecule has 0 spiro atoms. The van der Waals surface area contributed by atoms with Crippen LogP contribution < -0.4 is 0 Å². The van der Waals surface area contributed by atoms with Gasteiger partial charge in [0, 0.05) is 12.5 Å². The molecular formula is C9H7Cl2NO3. The van der Waals surface area contributed by atoms with Gasteiger partial charge in [0.05, 0.1) is 15.0 Å². The fourth-order valence-electron chi connectivity index (χ4n) is 1.42. The van der Waals surface area contributed by atoms with Crippen LogP contribution >= 0.6 is 23.2 Å². The molecule has 0 N–H and O–H groups in total. The zero-order chi connectivity index (χ0) is 11.2. The maximum absolute atomic E-state index is 10.7. The van der Waals surface area contributed by atoms with Crippen LogP contribution in [0.25, 0.3) is 0 Å². The monoisotopic (exact) mass is 247 g/mol. The van der Waals surface area contributed by atoms with E-state index in [9.17, 15) is 10.1 Å². The molecule has 0 amide bonds. The van der Waals surface area contributed by atoms with Gasteiger partial charge in [-0.3, -0.25) is 14.9 Å². The Kier molecular flexibility index (Phi) is 2.37. The third-order valence-electron chi connectivity index (χ3n) is 2.41. The van der Waals surface area contributed by atoms with Crippen molar-refractivity contribution in [2.24, 2.45) is 0 Å². The summed E-state index contributed by atoms with van der Waals surface area (Å²) in [6.45, 7) is 1.41. The second-order valence-corrected chi connectivity index (χ2v) is 4.24. The molecule has 1 aromatic carbocycles. The summed E-state index contributed by atoms with van der Waals surface area (Å²) in [6.07, 6.45) is -0.612. The van der Waals surface area contributed by atoms with Gasteiger partial charge < -0.3 is 0 Å². The van der Waals surface area contributed by atoms with Crippen molar-refractivity contribution in [2.75, 3.05) is 0 Å². The van der Waals surface area contributed by atoms with Gasteiger partial charge in [0.1, 0.15) is 0 Å². The maximum atomic E-state index is 10.7. The van der Waals surface area contributed by atoms with Crippen LogP contribution in [0.5, 0.6) is 0 Å². The Labute approximate surface area is 95.9 Å². The fourth-order valence-corrected chi connectivity index (χ4v) is 1.83. The van der Waals surface area contributed by atoms with Gasteiger partial charge in [0.15, 0.2) is 6.10 Å². The molecule has 2 atom stereocenters. The summed E-state index contributed by atoms with van der Waals surface area (Å²) in [5.41, 5.74) is -0.808. The average molecular weight is 248 g/mol. The Morgan fingerprint density at radius 2 is 2.20 bits per heavy atom. The Morgan fingerprint density at radius 3 is 2.73 bits per heavy atom. The number of rotatable bonds is 2. The highest BCUT2D eigenvalue weighted by Gasteiger charge is 2.66. The van der Waals surface area contributed by atoms with Gasteiger partial charge in [-0.2, -0.15) is 0 Å². The van der Waals surface area contributed by atoms with E-state index in [1.807, 2.05) is 0 Å². The molecule has 1 heterocycles. The molecule has 1 aliphatic rings. The van der Waals surface area contributed by atoms with Crippen molar-refractivity contribution in [3.8, 4) is 0 Å². The summed E-state index contributed by atoms with van der Waals surface area (Å²) < 4.78 is 5.05. The van der Waals surface area contributed by atoms with Crippen LogP contribution in [0.3, 0.4) is 0 Å². The third kappa shape index (κ3) is 1.58. The van der Waals surface area contributed by atoms with Crippen molar-refractivity contribution in [3.05, 3.63) is 43.9 Å². The maximum Gasteiger partial charge on any atom is 0.353 e. The van der Waals surface area contributed by atoms with Crippen LogP contribution in [0.1, 0.15) is 18.6 Å². The summed E-state index contributed by atoms with van der Waals surface area (Å²) in [5, 5.41) is 11.4. The molecule has 1 aromatic rings. The van der Waals surface area contributed by atoms with Crippen molar-refractivity contribution >= 4 is 23.2 Å². The number of halogens is 2. The molecule has 1 saturated heterocycles. The molecular weight excluding hydrogens is 241 g/mol. The largest absolute Gasteiger partial charge is 0.353 e. The van der Waals surface area contributed by atoms with Crippen molar-refractivity contribution in [1.82, 2.24) is 0 Å². The lowest BCUT2D eigenvalue weighted by atomic mass is 10.1. The number of nitro groups is 1. The molecule has 6 heteroatoms. The van der Waals surface area contributed by atoms with Gasteiger partial charge in [-0.1, -0.05) is 35.3 Å². The van der Waals surface area contributed by atoms with Crippen LogP contribution in [0.4, 0.5) is 0 Å². The van der Waals surface area contributed by atoms with E-state index in [1.165, 1.54) is 6.92 Å². The number of nitrogens with zero attached hydrogens (tertiary/aromatic N) is 1. The van der Waals surface area contributed by atoms with Crippen molar-refractivity contribution in [3.63, 3.8) is 0 Å².